The monoisotopic (exact) mass is 423 g/mol. The molecule has 0 radical (unpaired) electrons. The van der Waals surface area contributed by atoms with Crippen molar-refractivity contribution < 1.29 is 9.50 Å². The number of β-amino-alcohol motifs (C(OH)–C–C–N with tert-alkyl or cyclic N) is 1. The van der Waals surface area contributed by atoms with E-state index in [4.69, 9.17) is 5.26 Å². The number of aliphatic hydroxyl groups excluding tert-OH is 1. The highest BCUT2D eigenvalue weighted by Gasteiger charge is 2.24. The van der Waals surface area contributed by atoms with Crippen LogP contribution in [0.5, 0.6) is 0 Å². The molecular weight excluding hydrogens is 393 g/mol. The fourth-order valence-corrected chi connectivity index (χ4v) is 4.49. The van der Waals surface area contributed by atoms with E-state index in [1.165, 1.54) is 11.8 Å². The molecule has 2 heterocycles. The van der Waals surface area contributed by atoms with Gasteiger partial charge in [-0.2, -0.15) is 5.26 Å². The molecule has 2 aliphatic rings. The molecular formula is C24H30FN5O. The van der Waals surface area contributed by atoms with Gasteiger partial charge in [0.15, 0.2) is 0 Å². The van der Waals surface area contributed by atoms with Gasteiger partial charge in [0, 0.05) is 71.1 Å². The second-order valence-corrected chi connectivity index (χ2v) is 8.34. The molecule has 7 heteroatoms. The van der Waals surface area contributed by atoms with Crippen molar-refractivity contribution in [2.24, 2.45) is 0 Å². The van der Waals surface area contributed by atoms with Crippen molar-refractivity contribution in [2.45, 2.75) is 6.10 Å². The van der Waals surface area contributed by atoms with E-state index in [1.54, 1.807) is 12.1 Å². The molecule has 1 N–H and O–H groups in total. The summed E-state index contributed by atoms with van der Waals surface area (Å²) in [5.74, 6) is -0.345. The molecule has 1 unspecified atom stereocenters. The van der Waals surface area contributed by atoms with Crippen LogP contribution in [0.1, 0.15) is 5.56 Å². The summed E-state index contributed by atoms with van der Waals surface area (Å²) in [6.45, 7) is 8.20. The average Bonchev–Trinajstić information content (AvgIpc) is 2.80. The van der Waals surface area contributed by atoms with E-state index in [0.29, 0.717) is 37.4 Å². The summed E-state index contributed by atoms with van der Waals surface area (Å²) in [6.07, 6.45) is -0.388. The van der Waals surface area contributed by atoms with Gasteiger partial charge in [-0.05, 0) is 30.3 Å². The van der Waals surface area contributed by atoms with E-state index in [2.05, 4.69) is 39.0 Å². The Morgan fingerprint density at radius 1 is 0.839 bits per heavy atom. The van der Waals surface area contributed by atoms with Gasteiger partial charge in [-0.1, -0.05) is 18.2 Å². The Bertz CT molecular complexity index is 887. The third-order valence-corrected chi connectivity index (χ3v) is 6.22. The first kappa shape index (κ1) is 21.6. The molecule has 0 spiro atoms. The SMILES string of the molecule is N#Cc1ccc(N2CCN(CC(O)CN3CCN(c4ccccc4)CC3)CC2)c(F)c1. The summed E-state index contributed by atoms with van der Waals surface area (Å²) in [5, 5.41) is 19.5. The van der Waals surface area contributed by atoms with E-state index in [0.717, 1.165) is 39.3 Å². The third-order valence-electron chi connectivity index (χ3n) is 6.22. The summed E-state index contributed by atoms with van der Waals surface area (Å²) in [5.41, 5.74) is 2.15. The van der Waals surface area contributed by atoms with E-state index in [1.807, 2.05) is 17.0 Å². The van der Waals surface area contributed by atoms with Gasteiger partial charge < -0.3 is 14.9 Å². The Hall–Kier alpha value is -2.66. The van der Waals surface area contributed by atoms with Gasteiger partial charge >= 0.3 is 0 Å². The van der Waals surface area contributed by atoms with E-state index in [-0.39, 0.29) is 11.9 Å². The first-order valence-corrected chi connectivity index (χ1v) is 11.0. The molecule has 0 saturated carbocycles. The molecule has 0 aromatic heterocycles. The highest BCUT2D eigenvalue weighted by molar-refractivity contribution is 5.51. The lowest BCUT2D eigenvalue weighted by Gasteiger charge is -2.39. The summed E-state index contributed by atoms with van der Waals surface area (Å²) in [7, 11) is 0. The number of anilines is 2. The van der Waals surface area contributed by atoms with Crippen LogP contribution in [-0.4, -0.2) is 86.5 Å². The number of halogens is 1. The van der Waals surface area contributed by atoms with Gasteiger partial charge in [0.2, 0.25) is 0 Å². The lowest BCUT2D eigenvalue weighted by Crippen LogP contribution is -2.52. The number of para-hydroxylation sites is 1. The van der Waals surface area contributed by atoms with Gasteiger partial charge in [0.1, 0.15) is 5.82 Å². The number of piperazine rings is 2. The number of rotatable bonds is 6. The summed E-state index contributed by atoms with van der Waals surface area (Å²) in [6, 6.07) is 17.1. The summed E-state index contributed by atoms with van der Waals surface area (Å²) < 4.78 is 14.3. The molecule has 164 valence electrons. The maximum absolute atomic E-state index is 14.3. The Morgan fingerprint density at radius 3 is 1.97 bits per heavy atom. The number of nitrogens with zero attached hydrogens (tertiary/aromatic N) is 5. The van der Waals surface area contributed by atoms with Crippen LogP contribution in [0, 0.1) is 17.1 Å². The van der Waals surface area contributed by atoms with Crippen molar-refractivity contribution in [2.75, 3.05) is 75.2 Å². The van der Waals surface area contributed by atoms with Crippen LogP contribution in [0.25, 0.3) is 0 Å². The molecule has 2 aliphatic heterocycles. The number of benzene rings is 2. The van der Waals surface area contributed by atoms with Crippen LogP contribution in [0.2, 0.25) is 0 Å². The fourth-order valence-electron chi connectivity index (χ4n) is 4.49. The zero-order valence-corrected chi connectivity index (χ0v) is 17.8. The predicted octanol–water partition coefficient (Wildman–Crippen LogP) is 2.00. The highest BCUT2D eigenvalue weighted by Crippen LogP contribution is 2.22. The topological polar surface area (TPSA) is 57.0 Å². The van der Waals surface area contributed by atoms with Gasteiger partial charge in [-0.15, -0.1) is 0 Å². The standard InChI is InChI=1S/C24H30FN5O/c25-23-16-20(17-26)6-7-24(23)30-14-10-28(11-15-30)19-22(31)18-27-8-12-29(13-9-27)21-4-2-1-3-5-21/h1-7,16,22,31H,8-15,18-19H2. The minimum Gasteiger partial charge on any atom is -0.390 e. The smallest absolute Gasteiger partial charge is 0.147 e. The molecule has 2 aromatic rings. The summed E-state index contributed by atoms with van der Waals surface area (Å²) in [4.78, 5) is 9.00. The van der Waals surface area contributed by atoms with Crippen LogP contribution < -0.4 is 9.80 Å². The van der Waals surface area contributed by atoms with Crippen molar-refractivity contribution in [3.63, 3.8) is 0 Å². The summed E-state index contributed by atoms with van der Waals surface area (Å²) >= 11 is 0. The van der Waals surface area contributed by atoms with Crippen molar-refractivity contribution in [3.05, 3.63) is 59.9 Å². The molecule has 31 heavy (non-hydrogen) atoms. The minimum atomic E-state index is -0.388. The van der Waals surface area contributed by atoms with Crippen LogP contribution in [0.4, 0.5) is 15.8 Å². The van der Waals surface area contributed by atoms with Crippen molar-refractivity contribution in [1.29, 1.82) is 5.26 Å². The van der Waals surface area contributed by atoms with E-state index >= 15 is 0 Å². The molecule has 1 atom stereocenters. The average molecular weight is 424 g/mol. The third kappa shape index (κ3) is 5.53. The molecule has 0 aliphatic carbocycles. The van der Waals surface area contributed by atoms with Crippen molar-refractivity contribution >= 4 is 11.4 Å². The number of hydrogen-bond acceptors (Lipinski definition) is 6. The van der Waals surface area contributed by atoms with Crippen molar-refractivity contribution in [3.8, 4) is 6.07 Å². The van der Waals surface area contributed by atoms with Gasteiger partial charge in [0.25, 0.3) is 0 Å². The zero-order chi connectivity index (χ0) is 21.6. The molecule has 0 amide bonds. The van der Waals surface area contributed by atoms with E-state index in [9.17, 15) is 9.50 Å². The lowest BCUT2D eigenvalue weighted by atomic mass is 10.1. The minimum absolute atomic E-state index is 0.340. The molecule has 2 aromatic carbocycles. The molecule has 0 bridgehead atoms. The van der Waals surface area contributed by atoms with Gasteiger partial charge in [-0.3, -0.25) is 9.80 Å². The number of aliphatic hydroxyl groups is 1. The first-order valence-electron chi connectivity index (χ1n) is 11.0. The van der Waals surface area contributed by atoms with Gasteiger partial charge in [0.05, 0.1) is 23.4 Å². The first-order chi connectivity index (χ1) is 15.1. The van der Waals surface area contributed by atoms with Crippen LogP contribution >= 0.6 is 0 Å². The molecule has 4 rings (SSSR count). The second-order valence-electron chi connectivity index (χ2n) is 8.34. The Kier molecular flexibility index (Phi) is 7.03. The number of nitriles is 1. The van der Waals surface area contributed by atoms with Crippen LogP contribution in [-0.2, 0) is 0 Å². The van der Waals surface area contributed by atoms with E-state index < -0.39 is 0 Å². The Labute approximate surface area is 183 Å². The Morgan fingerprint density at radius 2 is 1.42 bits per heavy atom. The maximum Gasteiger partial charge on any atom is 0.147 e. The highest BCUT2D eigenvalue weighted by atomic mass is 19.1. The maximum atomic E-state index is 14.3. The lowest BCUT2D eigenvalue weighted by molar-refractivity contribution is 0.0697. The fraction of sp³-hybridized carbons (Fsp3) is 0.458. The van der Waals surface area contributed by atoms with Crippen LogP contribution in [0.15, 0.2) is 48.5 Å². The molecule has 6 nitrogen and oxygen atoms in total. The predicted molar refractivity (Wildman–Crippen MR) is 121 cm³/mol. The molecule has 2 saturated heterocycles. The van der Waals surface area contributed by atoms with Gasteiger partial charge in [-0.25, -0.2) is 4.39 Å². The quantitative estimate of drug-likeness (QED) is 0.767. The second kappa shape index (κ2) is 10.1. The normalized spacial score (nSPS) is 19.3. The van der Waals surface area contributed by atoms with Crippen LogP contribution in [0.3, 0.4) is 0 Å². The van der Waals surface area contributed by atoms with Crippen molar-refractivity contribution in [1.82, 2.24) is 9.80 Å². The number of hydrogen-bond donors (Lipinski definition) is 1. The largest absolute Gasteiger partial charge is 0.390 e. The zero-order valence-electron chi connectivity index (χ0n) is 17.8. The Balaban J connectivity index is 1.19. The molecule has 2 fully saturated rings.